The van der Waals surface area contributed by atoms with Crippen molar-refractivity contribution in [2.24, 2.45) is 0 Å². The van der Waals surface area contributed by atoms with Crippen molar-refractivity contribution in [3.8, 4) is 0 Å². The Labute approximate surface area is 118 Å². The molecule has 3 rings (SSSR count). The summed E-state index contributed by atoms with van der Waals surface area (Å²) < 4.78 is 0. The average Bonchev–Trinajstić information content (AvgIpc) is 2.74. The third-order valence-electron chi connectivity index (χ3n) is 4.97. The number of nitrogens with one attached hydrogen (secondary N) is 1. The molecule has 0 saturated carbocycles. The molecule has 4 nitrogen and oxygen atoms in total. The van der Waals surface area contributed by atoms with Crippen LogP contribution in [-0.2, 0) is 20.4 Å². The van der Waals surface area contributed by atoms with Crippen molar-refractivity contribution in [3.05, 3.63) is 35.4 Å². The molecule has 1 aromatic carbocycles. The summed E-state index contributed by atoms with van der Waals surface area (Å²) in [5.74, 6) is -1.10. The summed E-state index contributed by atoms with van der Waals surface area (Å²) in [4.78, 5) is 23.4. The van der Waals surface area contributed by atoms with Gasteiger partial charge < -0.3 is 10.4 Å². The molecule has 2 unspecified atom stereocenters. The maximum Gasteiger partial charge on any atom is 0.327 e. The second-order valence-electron chi connectivity index (χ2n) is 6.60. The number of carbonyl (C=O) groups excluding carboxylic acids is 1. The van der Waals surface area contributed by atoms with E-state index in [1.54, 1.807) is 0 Å². The third kappa shape index (κ3) is 1.67. The van der Waals surface area contributed by atoms with Crippen molar-refractivity contribution >= 4 is 11.9 Å². The number of fused-ring (bicyclic) bond motifs is 2. The Kier molecular flexibility index (Phi) is 2.68. The van der Waals surface area contributed by atoms with Crippen LogP contribution in [0.25, 0.3) is 0 Å². The van der Waals surface area contributed by atoms with Gasteiger partial charge in [0.25, 0.3) is 0 Å². The number of hydrogen-bond acceptors (Lipinski definition) is 2. The van der Waals surface area contributed by atoms with Gasteiger partial charge in [-0.1, -0.05) is 38.1 Å². The van der Waals surface area contributed by atoms with Crippen molar-refractivity contribution in [2.45, 2.75) is 50.0 Å². The van der Waals surface area contributed by atoms with E-state index in [2.05, 4.69) is 25.2 Å². The molecular formula is C16H19NO3. The summed E-state index contributed by atoms with van der Waals surface area (Å²) >= 11 is 0. The molecule has 2 aliphatic rings. The molecule has 1 amide bonds. The monoisotopic (exact) mass is 273 g/mol. The molecule has 4 heteroatoms. The zero-order chi connectivity index (χ0) is 14.5. The van der Waals surface area contributed by atoms with Gasteiger partial charge >= 0.3 is 5.97 Å². The van der Waals surface area contributed by atoms with Gasteiger partial charge in [0, 0.05) is 11.8 Å². The first kappa shape index (κ1) is 13.2. The highest BCUT2D eigenvalue weighted by Crippen LogP contribution is 2.51. The molecule has 1 saturated heterocycles. The maximum absolute atomic E-state index is 11.8. The summed E-state index contributed by atoms with van der Waals surface area (Å²) in [6, 6.07) is 7.17. The van der Waals surface area contributed by atoms with Crippen molar-refractivity contribution in [3.63, 3.8) is 0 Å². The quantitative estimate of drug-likeness (QED) is 0.822. The minimum absolute atomic E-state index is 0.0243. The number of carboxylic acids is 1. The van der Waals surface area contributed by atoms with Gasteiger partial charge in [-0.15, -0.1) is 0 Å². The lowest BCUT2D eigenvalue weighted by Crippen LogP contribution is -2.50. The van der Waals surface area contributed by atoms with E-state index < -0.39 is 17.4 Å². The molecule has 0 aromatic heterocycles. The standard InChI is InChI=1S/C16H19NO3/c1-15(2)7-8-16(11-6-4-3-5-10(11)15)9-12(18)17-13(16)14(19)20/h3-6,13H,7-9H2,1-2H3,(H,17,18)(H,19,20). The molecule has 1 fully saturated rings. The molecule has 1 heterocycles. The van der Waals surface area contributed by atoms with Crippen LogP contribution in [0.5, 0.6) is 0 Å². The van der Waals surface area contributed by atoms with Crippen LogP contribution in [0.3, 0.4) is 0 Å². The van der Waals surface area contributed by atoms with Gasteiger partial charge in [0.2, 0.25) is 5.91 Å². The molecule has 1 aromatic rings. The Bertz CT molecular complexity index is 593. The lowest BCUT2D eigenvalue weighted by Gasteiger charge is -2.44. The van der Waals surface area contributed by atoms with Gasteiger partial charge in [-0.25, -0.2) is 4.79 Å². The highest BCUT2D eigenvalue weighted by Gasteiger charge is 2.55. The van der Waals surface area contributed by atoms with Crippen molar-refractivity contribution in [1.29, 1.82) is 0 Å². The van der Waals surface area contributed by atoms with Crippen LogP contribution in [0.15, 0.2) is 24.3 Å². The van der Waals surface area contributed by atoms with Crippen LogP contribution >= 0.6 is 0 Å². The molecule has 20 heavy (non-hydrogen) atoms. The zero-order valence-electron chi connectivity index (χ0n) is 11.8. The van der Waals surface area contributed by atoms with Crippen molar-refractivity contribution in [1.82, 2.24) is 5.32 Å². The Balaban J connectivity index is 2.20. The Morgan fingerprint density at radius 1 is 1.25 bits per heavy atom. The topological polar surface area (TPSA) is 66.4 Å². The minimum Gasteiger partial charge on any atom is -0.480 e. The van der Waals surface area contributed by atoms with Gasteiger partial charge in [-0.2, -0.15) is 0 Å². The molecule has 1 aliphatic heterocycles. The van der Waals surface area contributed by atoms with E-state index in [9.17, 15) is 14.7 Å². The van der Waals surface area contributed by atoms with Gasteiger partial charge in [0.1, 0.15) is 6.04 Å². The first-order valence-corrected chi connectivity index (χ1v) is 6.99. The lowest BCUT2D eigenvalue weighted by molar-refractivity contribution is -0.141. The van der Waals surface area contributed by atoms with E-state index in [4.69, 9.17) is 0 Å². The number of aliphatic carboxylic acids is 1. The summed E-state index contributed by atoms with van der Waals surface area (Å²) in [6.07, 6.45) is 1.90. The first-order chi connectivity index (χ1) is 9.37. The predicted molar refractivity (Wildman–Crippen MR) is 74.6 cm³/mol. The second kappa shape index (κ2) is 4.08. The van der Waals surface area contributed by atoms with Crippen LogP contribution < -0.4 is 5.32 Å². The largest absolute Gasteiger partial charge is 0.480 e. The molecule has 2 atom stereocenters. The second-order valence-corrected chi connectivity index (χ2v) is 6.60. The zero-order valence-corrected chi connectivity index (χ0v) is 11.8. The number of carboxylic acid groups (broad SMARTS) is 1. The van der Waals surface area contributed by atoms with Gasteiger partial charge in [-0.05, 0) is 29.4 Å². The summed E-state index contributed by atoms with van der Waals surface area (Å²) in [6.45, 7) is 4.36. The Morgan fingerprint density at radius 3 is 2.55 bits per heavy atom. The van der Waals surface area contributed by atoms with E-state index in [0.29, 0.717) is 0 Å². The maximum atomic E-state index is 11.8. The number of hydrogen-bond donors (Lipinski definition) is 2. The van der Waals surface area contributed by atoms with E-state index >= 15 is 0 Å². The van der Waals surface area contributed by atoms with E-state index in [-0.39, 0.29) is 17.7 Å². The number of benzene rings is 1. The van der Waals surface area contributed by atoms with Crippen LogP contribution in [0.1, 0.15) is 44.2 Å². The van der Waals surface area contributed by atoms with Crippen LogP contribution in [0.4, 0.5) is 0 Å². The van der Waals surface area contributed by atoms with Crippen LogP contribution in [-0.4, -0.2) is 23.0 Å². The molecule has 1 spiro atoms. The fourth-order valence-corrected chi connectivity index (χ4v) is 3.83. The normalized spacial score (nSPS) is 30.9. The van der Waals surface area contributed by atoms with Gasteiger partial charge in [0.05, 0.1) is 0 Å². The minimum atomic E-state index is -0.939. The molecule has 0 radical (unpaired) electrons. The van der Waals surface area contributed by atoms with Crippen LogP contribution in [0, 0.1) is 0 Å². The highest BCUT2D eigenvalue weighted by atomic mass is 16.4. The van der Waals surface area contributed by atoms with Gasteiger partial charge in [-0.3, -0.25) is 4.79 Å². The van der Waals surface area contributed by atoms with Crippen molar-refractivity contribution in [2.75, 3.05) is 0 Å². The Hall–Kier alpha value is -1.84. The average molecular weight is 273 g/mol. The van der Waals surface area contributed by atoms with E-state index in [1.165, 1.54) is 5.56 Å². The van der Waals surface area contributed by atoms with E-state index in [0.717, 1.165) is 18.4 Å². The summed E-state index contributed by atoms with van der Waals surface area (Å²) in [5, 5.41) is 12.1. The van der Waals surface area contributed by atoms with E-state index in [1.807, 2.05) is 18.2 Å². The fourth-order valence-electron chi connectivity index (χ4n) is 3.83. The summed E-state index contributed by atoms with van der Waals surface area (Å²) in [5.41, 5.74) is 1.64. The number of carbonyl (C=O) groups is 2. The highest BCUT2D eigenvalue weighted by molar-refractivity contribution is 5.91. The SMILES string of the molecule is CC1(C)CCC2(CC(=O)NC2C(=O)O)c2ccccc21. The fraction of sp³-hybridized carbons (Fsp3) is 0.500. The number of amides is 1. The predicted octanol–water partition coefficient (Wildman–Crippen LogP) is 1.97. The number of rotatable bonds is 1. The molecule has 0 bridgehead atoms. The lowest BCUT2D eigenvalue weighted by atomic mass is 9.59. The molecule has 1 aliphatic carbocycles. The molecule has 2 N–H and O–H groups in total. The smallest absolute Gasteiger partial charge is 0.327 e. The van der Waals surface area contributed by atoms with Crippen molar-refractivity contribution < 1.29 is 14.7 Å². The first-order valence-electron chi connectivity index (χ1n) is 6.99. The summed E-state index contributed by atoms with van der Waals surface area (Å²) in [7, 11) is 0. The molecule has 106 valence electrons. The van der Waals surface area contributed by atoms with Gasteiger partial charge in [0.15, 0.2) is 0 Å². The third-order valence-corrected chi connectivity index (χ3v) is 4.97. The van der Waals surface area contributed by atoms with Crippen LogP contribution in [0.2, 0.25) is 0 Å². The molecular weight excluding hydrogens is 254 g/mol. The Morgan fingerprint density at radius 2 is 1.90 bits per heavy atom.